The van der Waals surface area contributed by atoms with Gasteiger partial charge in [0.2, 0.25) is 17.5 Å². The van der Waals surface area contributed by atoms with E-state index in [1.807, 2.05) is 9.24 Å². The van der Waals surface area contributed by atoms with Gasteiger partial charge in [0.15, 0.2) is 0 Å². The van der Waals surface area contributed by atoms with Crippen LogP contribution in [0.4, 0.5) is 4.79 Å². The van der Waals surface area contributed by atoms with Crippen LogP contribution < -0.4 is 15.4 Å². The zero-order valence-corrected chi connectivity index (χ0v) is 18.4. The normalized spacial score (nSPS) is 17.9. The van der Waals surface area contributed by atoms with Crippen molar-refractivity contribution in [1.29, 1.82) is 0 Å². The molecule has 0 aromatic heterocycles. The zero-order chi connectivity index (χ0) is 23.1. The fourth-order valence-electron chi connectivity index (χ4n) is 3.38. The molecule has 0 bridgehead atoms. The summed E-state index contributed by atoms with van der Waals surface area (Å²) >= 11 is 0. The van der Waals surface area contributed by atoms with Crippen LogP contribution in [-0.4, -0.2) is 79.8 Å². The lowest BCUT2D eigenvalue weighted by Gasteiger charge is -2.27. The van der Waals surface area contributed by atoms with Gasteiger partial charge in [0.05, 0.1) is 37.6 Å². The van der Waals surface area contributed by atoms with Crippen LogP contribution in [0.5, 0.6) is 5.75 Å². The van der Waals surface area contributed by atoms with Crippen LogP contribution in [0.25, 0.3) is 0 Å². The Morgan fingerprint density at radius 2 is 1.78 bits per heavy atom. The molecule has 1 aromatic carbocycles. The molecule has 2 unspecified atom stereocenters. The quantitative estimate of drug-likeness (QED) is 0.266. The summed E-state index contributed by atoms with van der Waals surface area (Å²) in [5, 5.41) is 4.74. The second-order valence-electron chi connectivity index (χ2n) is 6.99. The van der Waals surface area contributed by atoms with Crippen molar-refractivity contribution >= 4 is 38.5 Å². The number of imide groups is 2. The molecule has 32 heavy (non-hydrogen) atoms. The molecule has 2 N–H and O–H groups in total. The van der Waals surface area contributed by atoms with Gasteiger partial charge in [0, 0.05) is 13.0 Å². The summed E-state index contributed by atoms with van der Waals surface area (Å²) < 4.78 is 16.3. The zero-order valence-electron chi connectivity index (χ0n) is 17.3. The van der Waals surface area contributed by atoms with E-state index in [4.69, 9.17) is 14.2 Å². The van der Waals surface area contributed by atoms with E-state index >= 15 is 0 Å². The Morgan fingerprint density at radius 3 is 2.50 bits per heavy atom. The molecule has 2 aliphatic rings. The van der Waals surface area contributed by atoms with Gasteiger partial charge in [0.1, 0.15) is 18.4 Å². The fraction of sp³-hybridized carbons (Fsp3) is 0.450. The Balaban J connectivity index is 1.48. The standard InChI is InChI=1S/C20H24N3O8P/c24-15-5-4-13(17(25)22-15)23-18(26)12-2-1-3-14(16(12)19(23)27)31-11-10-30-9-8-29-7-6-21-20(28)32/h1-3,13H,4-11,32H2,(H,21,28)(H,22,24,25). The molecule has 172 valence electrons. The van der Waals surface area contributed by atoms with Gasteiger partial charge >= 0.3 is 0 Å². The number of carbonyl (C=O) groups is 5. The van der Waals surface area contributed by atoms with Crippen LogP contribution in [-0.2, 0) is 19.1 Å². The molecular weight excluding hydrogens is 441 g/mol. The Bertz CT molecular complexity index is 922. The average Bonchev–Trinajstić information content (AvgIpc) is 3.00. The van der Waals surface area contributed by atoms with E-state index in [2.05, 4.69) is 10.6 Å². The topological polar surface area (TPSA) is 140 Å². The Labute approximate surface area is 186 Å². The van der Waals surface area contributed by atoms with E-state index in [9.17, 15) is 24.0 Å². The fourth-order valence-corrected chi connectivity index (χ4v) is 3.53. The number of hydrogen-bond donors (Lipinski definition) is 2. The number of hydrogen-bond acceptors (Lipinski definition) is 8. The molecule has 3 rings (SSSR count). The van der Waals surface area contributed by atoms with E-state index in [0.717, 1.165) is 4.90 Å². The minimum atomic E-state index is -1.03. The van der Waals surface area contributed by atoms with Crippen molar-refractivity contribution in [2.24, 2.45) is 0 Å². The summed E-state index contributed by atoms with van der Waals surface area (Å²) in [5.41, 5.74) is 0.0561. The first-order valence-electron chi connectivity index (χ1n) is 10.1. The molecule has 2 heterocycles. The first-order valence-corrected chi connectivity index (χ1v) is 10.6. The van der Waals surface area contributed by atoms with Gasteiger partial charge < -0.3 is 19.5 Å². The van der Waals surface area contributed by atoms with E-state index in [0.29, 0.717) is 26.4 Å². The van der Waals surface area contributed by atoms with Crippen LogP contribution >= 0.6 is 9.24 Å². The van der Waals surface area contributed by atoms with Gasteiger partial charge in [-0.3, -0.25) is 34.2 Å². The van der Waals surface area contributed by atoms with Gasteiger partial charge in [-0.2, -0.15) is 0 Å². The van der Waals surface area contributed by atoms with Gasteiger partial charge in [-0.15, -0.1) is 0 Å². The molecule has 0 aliphatic carbocycles. The number of ether oxygens (including phenoxy) is 3. The van der Waals surface area contributed by atoms with Crippen LogP contribution in [0.2, 0.25) is 0 Å². The van der Waals surface area contributed by atoms with Gasteiger partial charge in [-0.05, 0) is 27.8 Å². The third-order valence-corrected chi connectivity index (χ3v) is 5.04. The predicted octanol–water partition coefficient (Wildman–Crippen LogP) is 0.0845. The van der Waals surface area contributed by atoms with Crippen molar-refractivity contribution in [3.05, 3.63) is 29.3 Å². The summed E-state index contributed by atoms with van der Waals surface area (Å²) in [6, 6.07) is 3.64. The lowest BCUT2D eigenvalue weighted by atomic mass is 10.0. The Hall–Kier alpha value is -2.88. The first-order chi connectivity index (χ1) is 15.4. The minimum absolute atomic E-state index is 0.0561. The molecule has 11 nitrogen and oxygen atoms in total. The highest BCUT2D eigenvalue weighted by Crippen LogP contribution is 2.33. The monoisotopic (exact) mass is 465 g/mol. The lowest BCUT2D eigenvalue weighted by Crippen LogP contribution is -2.54. The van der Waals surface area contributed by atoms with Crippen molar-refractivity contribution in [3.8, 4) is 5.75 Å². The number of amides is 5. The number of nitrogens with zero attached hydrogens (tertiary/aromatic N) is 1. The van der Waals surface area contributed by atoms with Gasteiger partial charge in [-0.1, -0.05) is 6.07 Å². The highest BCUT2D eigenvalue weighted by atomic mass is 31.0. The molecule has 0 saturated carbocycles. The number of piperidine rings is 1. The van der Waals surface area contributed by atoms with E-state index < -0.39 is 29.7 Å². The van der Waals surface area contributed by atoms with Gasteiger partial charge in [0.25, 0.3) is 11.8 Å². The molecule has 0 spiro atoms. The lowest BCUT2D eigenvalue weighted by molar-refractivity contribution is -0.136. The number of rotatable bonds is 11. The molecule has 1 fully saturated rings. The molecule has 0 radical (unpaired) electrons. The van der Waals surface area contributed by atoms with Crippen molar-refractivity contribution in [3.63, 3.8) is 0 Å². The summed E-state index contributed by atoms with van der Waals surface area (Å²) in [6.45, 7) is 1.82. The molecule has 5 amide bonds. The van der Waals surface area contributed by atoms with E-state index in [1.54, 1.807) is 12.1 Å². The third kappa shape index (κ3) is 5.67. The maximum absolute atomic E-state index is 12.9. The summed E-state index contributed by atoms with van der Waals surface area (Å²) in [7, 11) is 2.01. The van der Waals surface area contributed by atoms with Crippen LogP contribution in [0.3, 0.4) is 0 Å². The van der Waals surface area contributed by atoms with Crippen LogP contribution in [0.15, 0.2) is 18.2 Å². The largest absolute Gasteiger partial charge is 0.490 e. The molecule has 2 aliphatic heterocycles. The van der Waals surface area contributed by atoms with Crippen molar-refractivity contribution < 1.29 is 38.2 Å². The predicted molar refractivity (Wildman–Crippen MR) is 113 cm³/mol. The first kappa shape index (κ1) is 23.8. The van der Waals surface area contributed by atoms with Crippen molar-refractivity contribution in [2.45, 2.75) is 18.9 Å². The Morgan fingerprint density at radius 1 is 1.06 bits per heavy atom. The summed E-state index contributed by atoms with van der Waals surface area (Å²) in [4.78, 5) is 60.8. The van der Waals surface area contributed by atoms with Crippen molar-refractivity contribution in [2.75, 3.05) is 39.6 Å². The smallest absolute Gasteiger partial charge is 0.266 e. The van der Waals surface area contributed by atoms with E-state index in [-0.39, 0.29) is 48.6 Å². The minimum Gasteiger partial charge on any atom is -0.490 e. The average molecular weight is 465 g/mol. The third-order valence-electron chi connectivity index (χ3n) is 4.83. The number of nitrogens with one attached hydrogen (secondary N) is 2. The van der Waals surface area contributed by atoms with Gasteiger partial charge in [-0.25, -0.2) is 0 Å². The molecule has 2 atom stereocenters. The maximum Gasteiger partial charge on any atom is 0.266 e. The second kappa shape index (κ2) is 11.1. The summed E-state index contributed by atoms with van der Waals surface area (Å²) in [6.07, 6.45) is 0.145. The number of fused-ring (bicyclic) bond motifs is 1. The van der Waals surface area contributed by atoms with Crippen molar-refractivity contribution in [1.82, 2.24) is 15.5 Å². The SMILES string of the molecule is O=C(P)NCCOCCOCCOc1cccc2c1C(=O)N(C1CCC(=O)NC1=O)C2=O. The molecular formula is C20H24N3O8P. The highest BCUT2D eigenvalue weighted by molar-refractivity contribution is 7.39. The summed E-state index contributed by atoms with van der Waals surface area (Å²) in [5.74, 6) is -2.07. The van der Waals surface area contributed by atoms with E-state index in [1.165, 1.54) is 6.07 Å². The van der Waals surface area contributed by atoms with Crippen LogP contribution in [0, 0.1) is 0 Å². The molecule has 12 heteroatoms. The second-order valence-corrected chi connectivity index (χ2v) is 7.51. The maximum atomic E-state index is 12.9. The molecule has 1 saturated heterocycles. The highest BCUT2D eigenvalue weighted by Gasteiger charge is 2.45. The Kier molecular flexibility index (Phi) is 8.26. The number of carbonyl (C=O) groups excluding carboxylic acids is 5. The number of benzene rings is 1. The molecule has 1 aromatic rings. The van der Waals surface area contributed by atoms with Crippen LogP contribution in [0.1, 0.15) is 33.6 Å².